The molecule has 0 amide bonds. The summed E-state index contributed by atoms with van der Waals surface area (Å²) in [7, 11) is 0. The van der Waals surface area contributed by atoms with Crippen LogP contribution in [0.2, 0.25) is 0 Å². The first kappa shape index (κ1) is 16.5. The Hall–Kier alpha value is 0.440. The molecule has 0 N–H and O–H groups in total. The molecule has 1 aliphatic rings. The van der Waals surface area contributed by atoms with Gasteiger partial charge in [0.15, 0.2) is 0 Å². The fourth-order valence-corrected chi connectivity index (χ4v) is 3.76. The van der Waals surface area contributed by atoms with Crippen LogP contribution in [-0.2, 0) is 0 Å². The van der Waals surface area contributed by atoms with Gasteiger partial charge in [-0.1, -0.05) is 43.6 Å². The second-order valence-corrected chi connectivity index (χ2v) is 8.00. The summed E-state index contributed by atoms with van der Waals surface area (Å²) in [5.74, 6) is 1.79. The van der Waals surface area contributed by atoms with Gasteiger partial charge < -0.3 is 4.90 Å². The summed E-state index contributed by atoms with van der Waals surface area (Å²) in [5, 5.41) is 1.15. The standard InChI is InChI=1S/C16H32BrN/c1-14(7-10-17)8-12-18-11-5-6-15(9-13-18)16(2,3)4/h14-15H,5-13H2,1-4H3. The lowest BCUT2D eigenvalue weighted by Crippen LogP contribution is -2.28. The molecular weight excluding hydrogens is 286 g/mol. The van der Waals surface area contributed by atoms with E-state index in [1.54, 1.807) is 0 Å². The highest BCUT2D eigenvalue weighted by Crippen LogP contribution is 2.34. The van der Waals surface area contributed by atoms with Crippen LogP contribution in [0.15, 0.2) is 0 Å². The van der Waals surface area contributed by atoms with Crippen molar-refractivity contribution in [1.82, 2.24) is 4.90 Å². The number of hydrogen-bond donors (Lipinski definition) is 0. The molecule has 18 heavy (non-hydrogen) atoms. The van der Waals surface area contributed by atoms with E-state index < -0.39 is 0 Å². The fourth-order valence-electron chi connectivity index (χ4n) is 2.98. The zero-order valence-electron chi connectivity index (χ0n) is 12.8. The molecule has 0 aromatic carbocycles. The average molecular weight is 318 g/mol. The number of nitrogens with zero attached hydrogens (tertiary/aromatic N) is 1. The average Bonchev–Trinajstić information content (AvgIpc) is 2.51. The maximum atomic E-state index is 3.54. The van der Waals surface area contributed by atoms with Gasteiger partial charge in [-0.2, -0.15) is 0 Å². The highest BCUT2D eigenvalue weighted by molar-refractivity contribution is 9.09. The lowest BCUT2D eigenvalue weighted by molar-refractivity contribution is 0.205. The van der Waals surface area contributed by atoms with Crippen LogP contribution in [0.25, 0.3) is 0 Å². The van der Waals surface area contributed by atoms with Gasteiger partial charge in [0, 0.05) is 5.33 Å². The molecule has 0 aromatic rings. The molecule has 0 spiro atoms. The van der Waals surface area contributed by atoms with Crippen molar-refractivity contribution in [2.24, 2.45) is 17.3 Å². The summed E-state index contributed by atoms with van der Waals surface area (Å²) >= 11 is 3.54. The summed E-state index contributed by atoms with van der Waals surface area (Å²) in [6.45, 7) is 13.6. The molecule has 0 saturated carbocycles. The van der Waals surface area contributed by atoms with Gasteiger partial charge in [0.05, 0.1) is 0 Å². The number of likely N-dealkylation sites (tertiary alicyclic amines) is 1. The lowest BCUT2D eigenvalue weighted by atomic mass is 9.77. The minimum atomic E-state index is 0.499. The number of halogens is 1. The van der Waals surface area contributed by atoms with Crippen molar-refractivity contribution < 1.29 is 0 Å². The second kappa shape index (κ2) is 7.89. The largest absolute Gasteiger partial charge is 0.303 e. The topological polar surface area (TPSA) is 3.24 Å². The summed E-state index contributed by atoms with van der Waals surface area (Å²) in [4.78, 5) is 2.70. The number of rotatable bonds is 5. The molecule has 1 fully saturated rings. The SMILES string of the molecule is CC(CCBr)CCN1CCCC(C(C)(C)C)CC1. The predicted octanol–water partition coefficient (Wildman–Crippen LogP) is 4.95. The van der Waals surface area contributed by atoms with Crippen molar-refractivity contribution in [2.75, 3.05) is 25.0 Å². The van der Waals surface area contributed by atoms with Gasteiger partial charge in [-0.3, -0.25) is 0 Å². The van der Waals surface area contributed by atoms with E-state index in [1.807, 2.05) is 0 Å². The first-order chi connectivity index (χ1) is 8.43. The van der Waals surface area contributed by atoms with Crippen molar-refractivity contribution in [3.8, 4) is 0 Å². The van der Waals surface area contributed by atoms with Crippen LogP contribution in [0.4, 0.5) is 0 Å². The molecule has 108 valence electrons. The Bertz CT molecular complexity index is 222. The summed E-state index contributed by atoms with van der Waals surface area (Å²) < 4.78 is 0. The maximum absolute atomic E-state index is 3.54. The van der Waals surface area contributed by atoms with Crippen molar-refractivity contribution in [1.29, 1.82) is 0 Å². The lowest BCUT2D eigenvalue weighted by Gasteiger charge is -2.30. The third kappa shape index (κ3) is 6.06. The van der Waals surface area contributed by atoms with Crippen LogP contribution >= 0.6 is 15.9 Å². The van der Waals surface area contributed by atoms with Crippen molar-refractivity contribution in [2.45, 2.75) is 59.8 Å². The van der Waals surface area contributed by atoms with Crippen LogP contribution in [0.5, 0.6) is 0 Å². The first-order valence-electron chi connectivity index (χ1n) is 7.71. The molecule has 2 atom stereocenters. The van der Waals surface area contributed by atoms with Gasteiger partial charge in [-0.05, 0) is 69.0 Å². The van der Waals surface area contributed by atoms with E-state index in [2.05, 4.69) is 48.5 Å². The second-order valence-electron chi connectivity index (χ2n) is 7.21. The predicted molar refractivity (Wildman–Crippen MR) is 85.4 cm³/mol. The maximum Gasteiger partial charge on any atom is 0.00338 e. The van der Waals surface area contributed by atoms with Gasteiger partial charge in [0.2, 0.25) is 0 Å². The van der Waals surface area contributed by atoms with E-state index in [9.17, 15) is 0 Å². The van der Waals surface area contributed by atoms with Crippen LogP contribution < -0.4 is 0 Å². The number of alkyl halides is 1. The third-order valence-electron chi connectivity index (χ3n) is 4.59. The van der Waals surface area contributed by atoms with E-state index >= 15 is 0 Å². The molecular formula is C16H32BrN. The van der Waals surface area contributed by atoms with E-state index in [0.717, 1.165) is 17.2 Å². The molecule has 1 nitrogen and oxygen atoms in total. The van der Waals surface area contributed by atoms with E-state index in [1.165, 1.54) is 51.7 Å². The van der Waals surface area contributed by atoms with E-state index in [-0.39, 0.29) is 0 Å². The Kier molecular flexibility index (Phi) is 7.23. The Morgan fingerprint density at radius 2 is 1.89 bits per heavy atom. The highest BCUT2D eigenvalue weighted by Gasteiger charge is 2.26. The molecule has 2 heteroatoms. The zero-order chi connectivity index (χ0) is 13.6. The molecule has 1 rings (SSSR count). The molecule has 0 bridgehead atoms. The van der Waals surface area contributed by atoms with E-state index in [0.29, 0.717) is 5.41 Å². The van der Waals surface area contributed by atoms with Crippen molar-refractivity contribution in [3.05, 3.63) is 0 Å². The Balaban J connectivity index is 2.29. The number of hydrogen-bond acceptors (Lipinski definition) is 1. The molecule has 1 aliphatic heterocycles. The van der Waals surface area contributed by atoms with Crippen molar-refractivity contribution >= 4 is 15.9 Å². The molecule has 0 aliphatic carbocycles. The first-order valence-corrected chi connectivity index (χ1v) is 8.84. The summed E-state index contributed by atoms with van der Waals surface area (Å²) in [6.07, 6.45) is 6.91. The smallest absolute Gasteiger partial charge is 0.00338 e. The molecule has 0 radical (unpaired) electrons. The Morgan fingerprint density at radius 1 is 1.17 bits per heavy atom. The van der Waals surface area contributed by atoms with Gasteiger partial charge in [0.25, 0.3) is 0 Å². The van der Waals surface area contributed by atoms with Gasteiger partial charge in [-0.15, -0.1) is 0 Å². The van der Waals surface area contributed by atoms with Gasteiger partial charge in [0.1, 0.15) is 0 Å². The Morgan fingerprint density at radius 3 is 2.50 bits per heavy atom. The minimum absolute atomic E-state index is 0.499. The van der Waals surface area contributed by atoms with Crippen LogP contribution in [0.3, 0.4) is 0 Å². The van der Waals surface area contributed by atoms with Crippen LogP contribution in [0.1, 0.15) is 59.8 Å². The van der Waals surface area contributed by atoms with Gasteiger partial charge in [-0.25, -0.2) is 0 Å². The molecule has 1 heterocycles. The molecule has 2 unspecified atom stereocenters. The normalized spacial score (nSPS) is 24.8. The van der Waals surface area contributed by atoms with Gasteiger partial charge >= 0.3 is 0 Å². The highest BCUT2D eigenvalue weighted by atomic mass is 79.9. The van der Waals surface area contributed by atoms with Crippen LogP contribution in [0, 0.1) is 17.3 Å². The van der Waals surface area contributed by atoms with Crippen molar-refractivity contribution in [3.63, 3.8) is 0 Å². The summed E-state index contributed by atoms with van der Waals surface area (Å²) in [5.41, 5.74) is 0.499. The third-order valence-corrected chi connectivity index (χ3v) is 5.04. The molecule has 0 aromatic heterocycles. The van der Waals surface area contributed by atoms with E-state index in [4.69, 9.17) is 0 Å². The quantitative estimate of drug-likeness (QED) is 0.649. The zero-order valence-corrected chi connectivity index (χ0v) is 14.4. The fraction of sp³-hybridized carbons (Fsp3) is 1.00. The summed E-state index contributed by atoms with van der Waals surface area (Å²) in [6, 6.07) is 0. The molecule has 1 saturated heterocycles. The van der Waals surface area contributed by atoms with Crippen LogP contribution in [-0.4, -0.2) is 29.9 Å². The minimum Gasteiger partial charge on any atom is -0.303 e. The monoisotopic (exact) mass is 317 g/mol. The Labute approximate surface area is 123 Å².